The number of anilines is 1. The zero-order chi connectivity index (χ0) is 19.4. The molecule has 0 saturated carbocycles. The number of nitrogens with zero attached hydrogens (tertiary/aromatic N) is 3. The minimum absolute atomic E-state index is 0.0195. The fraction of sp³-hybridized carbons (Fsp3) is 0.238. The van der Waals surface area contributed by atoms with Crippen LogP contribution in [-0.4, -0.2) is 22.5 Å². The van der Waals surface area contributed by atoms with Gasteiger partial charge in [0.25, 0.3) is 5.91 Å². The lowest BCUT2D eigenvalue weighted by atomic mass is 9.98. The molecule has 0 aliphatic carbocycles. The standard InChI is InChI=1S/C21H20N4O2/c1-21(2,3)13-27-19-9-8-15(10-14(19)11-22)24-20(26)18-12-23-16-6-4-5-7-17(16)25-18/h4-10,12H,13H2,1-3H3,(H,24,26). The predicted octanol–water partition coefficient (Wildman–Crippen LogP) is 4.18. The van der Waals surface area contributed by atoms with Crippen molar-refractivity contribution in [2.75, 3.05) is 11.9 Å². The van der Waals surface area contributed by atoms with Crippen LogP contribution in [0.2, 0.25) is 0 Å². The molecule has 0 aliphatic heterocycles. The topological polar surface area (TPSA) is 87.9 Å². The monoisotopic (exact) mass is 360 g/mol. The highest BCUT2D eigenvalue weighted by atomic mass is 16.5. The Kier molecular flexibility index (Phi) is 5.04. The first-order valence-electron chi connectivity index (χ1n) is 8.56. The lowest BCUT2D eigenvalue weighted by Crippen LogP contribution is -2.17. The summed E-state index contributed by atoms with van der Waals surface area (Å²) in [5, 5.41) is 12.1. The van der Waals surface area contributed by atoms with Gasteiger partial charge in [0.1, 0.15) is 17.5 Å². The molecule has 3 rings (SSSR count). The molecule has 0 fully saturated rings. The molecule has 0 aliphatic rings. The average Bonchev–Trinajstić information content (AvgIpc) is 2.65. The Morgan fingerprint density at radius 2 is 1.93 bits per heavy atom. The summed E-state index contributed by atoms with van der Waals surface area (Å²) < 4.78 is 5.73. The molecule has 0 unspecified atom stereocenters. The van der Waals surface area contributed by atoms with E-state index in [0.29, 0.717) is 29.1 Å². The zero-order valence-corrected chi connectivity index (χ0v) is 15.5. The number of hydrogen-bond acceptors (Lipinski definition) is 5. The first-order valence-corrected chi connectivity index (χ1v) is 8.56. The molecule has 0 bridgehead atoms. The van der Waals surface area contributed by atoms with Gasteiger partial charge in [-0.2, -0.15) is 5.26 Å². The van der Waals surface area contributed by atoms with E-state index in [1.54, 1.807) is 24.3 Å². The Bertz CT molecular complexity index is 1030. The van der Waals surface area contributed by atoms with Gasteiger partial charge in [0, 0.05) is 5.69 Å². The van der Waals surface area contributed by atoms with Crippen molar-refractivity contribution in [1.82, 2.24) is 9.97 Å². The number of para-hydroxylation sites is 2. The maximum Gasteiger partial charge on any atom is 0.275 e. The van der Waals surface area contributed by atoms with Crippen molar-refractivity contribution in [2.45, 2.75) is 20.8 Å². The molecule has 1 amide bonds. The van der Waals surface area contributed by atoms with Crippen molar-refractivity contribution in [3.05, 3.63) is 59.9 Å². The molecule has 0 radical (unpaired) electrons. The molecule has 1 aromatic heterocycles. The summed E-state index contributed by atoms with van der Waals surface area (Å²) in [5.41, 5.74) is 2.42. The Labute approximate surface area is 157 Å². The van der Waals surface area contributed by atoms with Crippen LogP contribution in [0.1, 0.15) is 36.8 Å². The Hall–Kier alpha value is -3.46. The molecule has 1 N–H and O–H groups in total. The van der Waals surface area contributed by atoms with Gasteiger partial charge in [-0.15, -0.1) is 0 Å². The second kappa shape index (κ2) is 7.42. The highest BCUT2D eigenvalue weighted by molar-refractivity contribution is 6.03. The molecular weight excluding hydrogens is 340 g/mol. The molecule has 6 heteroatoms. The quantitative estimate of drug-likeness (QED) is 0.754. The van der Waals surface area contributed by atoms with E-state index in [4.69, 9.17) is 4.74 Å². The number of benzene rings is 2. The number of fused-ring (bicyclic) bond motifs is 1. The predicted molar refractivity (Wildman–Crippen MR) is 104 cm³/mol. The molecule has 0 atom stereocenters. The van der Waals surface area contributed by atoms with Crippen molar-refractivity contribution in [3.63, 3.8) is 0 Å². The van der Waals surface area contributed by atoms with Gasteiger partial charge in [-0.25, -0.2) is 4.98 Å². The summed E-state index contributed by atoms with van der Waals surface area (Å²) in [6.07, 6.45) is 1.43. The molecule has 2 aromatic carbocycles. The lowest BCUT2D eigenvalue weighted by Gasteiger charge is -2.19. The van der Waals surface area contributed by atoms with Crippen LogP contribution in [0.3, 0.4) is 0 Å². The van der Waals surface area contributed by atoms with Crippen LogP contribution < -0.4 is 10.1 Å². The summed E-state index contributed by atoms with van der Waals surface area (Å²) in [6, 6.07) is 14.4. The second-order valence-electron chi connectivity index (χ2n) is 7.37. The summed E-state index contributed by atoms with van der Waals surface area (Å²) in [4.78, 5) is 21.0. The number of nitrogens with one attached hydrogen (secondary N) is 1. The van der Waals surface area contributed by atoms with Gasteiger partial charge in [0.15, 0.2) is 0 Å². The van der Waals surface area contributed by atoms with E-state index < -0.39 is 0 Å². The van der Waals surface area contributed by atoms with Gasteiger partial charge < -0.3 is 10.1 Å². The van der Waals surface area contributed by atoms with Crippen molar-refractivity contribution in [1.29, 1.82) is 5.26 Å². The average molecular weight is 360 g/mol. The van der Waals surface area contributed by atoms with Crippen molar-refractivity contribution in [2.24, 2.45) is 5.41 Å². The van der Waals surface area contributed by atoms with Gasteiger partial charge in [0.05, 0.1) is 29.4 Å². The molecular formula is C21H20N4O2. The lowest BCUT2D eigenvalue weighted by molar-refractivity contribution is 0.102. The number of aromatic nitrogens is 2. The summed E-state index contributed by atoms with van der Waals surface area (Å²) in [6.45, 7) is 6.65. The van der Waals surface area contributed by atoms with E-state index in [0.717, 1.165) is 5.52 Å². The third kappa shape index (κ3) is 4.59. The van der Waals surface area contributed by atoms with Crippen LogP contribution in [0.5, 0.6) is 5.75 Å². The molecule has 0 spiro atoms. The van der Waals surface area contributed by atoms with Crippen molar-refractivity contribution in [3.8, 4) is 11.8 Å². The Balaban J connectivity index is 1.78. The number of nitriles is 1. The molecule has 6 nitrogen and oxygen atoms in total. The van der Waals surface area contributed by atoms with Crippen molar-refractivity contribution < 1.29 is 9.53 Å². The van der Waals surface area contributed by atoms with Crippen LogP contribution in [-0.2, 0) is 0 Å². The summed E-state index contributed by atoms with van der Waals surface area (Å²) >= 11 is 0. The van der Waals surface area contributed by atoms with E-state index in [1.807, 2.05) is 18.2 Å². The molecule has 3 aromatic rings. The smallest absolute Gasteiger partial charge is 0.275 e. The first kappa shape index (κ1) is 18.3. The van der Waals surface area contributed by atoms with Crippen LogP contribution in [0.4, 0.5) is 5.69 Å². The molecule has 0 saturated heterocycles. The van der Waals surface area contributed by atoms with Crippen LogP contribution in [0, 0.1) is 16.7 Å². The summed E-state index contributed by atoms with van der Waals surface area (Å²) in [5.74, 6) is 0.108. The van der Waals surface area contributed by atoms with E-state index >= 15 is 0 Å². The fourth-order valence-corrected chi connectivity index (χ4v) is 2.38. The van der Waals surface area contributed by atoms with Gasteiger partial charge in [-0.1, -0.05) is 32.9 Å². The summed E-state index contributed by atoms with van der Waals surface area (Å²) in [7, 11) is 0. The normalized spacial score (nSPS) is 11.0. The number of amides is 1. The van der Waals surface area contributed by atoms with Gasteiger partial charge in [0.2, 0.25) is 0 Å². The fourth-order valence-electron chi connectivity index (χ4n) is 2.38. The zero-order valence-electron chi connectivity index (χ0n) is 15.5. The van der Waals surface area contributed by atoms with Gasteiger partial charge in [-0.05, 0) is 35.7 Å². The number of hydrogen-bond donors (Lipinski definition) is 1. The number of rotatable bonds is 4. The molecule has 27 heavy (non-hydrogen) atoms. The Morgan fingerprint density at radius 1 is 1.19 bits per heavy atom. The highest BCUT2D eigenvalue weighted by Gasteiger charge is 2.14. The Morgan fingerprint density at radius 3 is 2.63 bits per heavy atom. The van der Waals surface area contributed by atoms with Crippen LogP contribution in [0.25, 0.3) is 11.0 Å². The van der Waals surface area contributed by atoms with Crippen LogP contribution in [0.15, 0.2) is 48.7 Å². The van der Waals surface area contributed by atoms with E-state index in [9.17, 15) is 10.1 Å². The highest BCUT2D eigenvalue weighted by Crippen LogP contribution is 2.25. The maximum atomic E-state index is 12.5. The SMILES string of the molecule is CC(C)(C)COc1ccc(NC(=O)c2cnc3ccccc3n2)cc1C#N. The van der Waals surface area contributed by atoms with E-state index in [1.165, 1.54) is 6.20 Å². The maximum absolute atomic E-state index is 12.5. The number of carbonyl (C=O) groups excluding carboxylic acids is 1. The van der Waals surface area contributed by atoms with E-state index in [2.05, 4.69) is 42.1 Å². The third-order valence-electron chi connectivity index (χ3n) is 3.70. The minimum Gasteiger partial charge on any atom is -0.492 e. The number of ether oxygens (including phenoxy) is 1. The third-order valence-corrected chi connectivity index (χ3v) is 3.70. The van der Waals surface area contributed by atoms with E-state index in [-0.39, 0.29) is 17.0 Å². The van der Waals surface area contributed by atoms with Crippen molar-refractivity contribution >= 4 is 22.6 Å². The molecule has 136 valence electrons. The minimum atomic E-state index is -0.388. The molecule has 1 heterocycles. The number of carbonyl (C=O) groups is 1. The first-order chi connectivity index (χ1) is 12.9. The van der Waals surface area contributed by atoms with Gasteiger partial charge in [-0.3, -0.25) is 9.78 Å². The van der Waals surface area contributed by atoms with Gasteiger partial charge >= 0.3 is 0 Å². The van der Waals surface area contributed by atoms with Crippen LogP contribution >= 0.6 is 0 Å². The second-order valence-corrected chi connectivity index (χ2v) is 7.37. The largest absolute Gasteiger partial charge is 0.492 e.